The third-order valence-electron chi connectivity index (χ3n) is 6.31. The number of amides is 2. The van der Waals surface area contributed by atoms with Gasteiger partial charge in [-0.15, -0.1) is 11.3 Å². The van der Waals surface area contributed by atoms with Gasteiger partial charge in [0.2, 0.25) is 5.91 Å². The van der Waals surface area contributed by atoms with Crippen molar-refractivity contribution in [2.45, 2.75) is 25.8 Å². The van der Waals surface area contributed by atoms with Crippen LogP contribution < -0.4 is 0 Å². The third-order valence-corrected chi connectivity index (χ3v) is 7.56. The average molecular weight is 542 g/mol. The van der Waals surface area contributed by atoms with Crippen molar-refractivity contribution in [2.75, 3.05) is 32.8 Å². The zero-order valence-corrected chi connectivity index (χ0v) is 22.0. The van der Waals surface area contributed by atoms with Crippen molar-refractivity contribution in [3.8, 4) is 0 Å². The SMILES string of the molecule is CCOCCCN(CC(=O)N1CCc2sccc2C1c1ccc(Cl)cc1)C(=O)c1cccc([N+](=O)[O-])c1. The highest BCUT2D eigenvalue weighted by Crippen LogP contribution is 2.38. The van der Waals surface area contributed by atoms with Gasteiger partial charge in [0.15, 0.2) is 0 Å². The number of halogens is 1. The second-order valence-electron chi connectivity index (χ2n) is 8.67. The van der Waals surface area contributed by atoms with E-state index in [9.17, 15) is 19.7 Å². The number of non-ortho nitro benzene ring substituents is 1. The van der Waals surface area contributed by atoms with E-state index >= 15 is 0 Å². The average Bonchev–Trinajstić information content (AvgIpc) is 3.39. The molecule has 2 amide bonds. The van der Waals surface area contributed by atoms with Gasteiger partial charge in [-0.05, 0) is 60.5 Å². The Labute approximate surface area is 224 Å². The minimum Gasteiger partial charge on any atom is -0.382 e. The smallest absolute Gasteiger partial charge is 0.270 e. The molecule has 37 heavy (non-hydrogen) atoms. The van der Waals surface area contributed by atoms with E-state index in [0.717, 1.165) is 17.5 Å². The number of rotatable bonds is 10. The van der Waals surface area contributed by atoms with E-state index in [0.29, 0.717) is 31.2 Å². The number of hydrogen-bond acceptors (Lipinski definition) is 6. The molecule has 4 rings (SSSR count). The van der Waals surface area contributed by atoms with Crippen LogP contribution in [0.4, 0.5) is 5.69 Å². The second-order valence-corrected chi connectivity index (χ2v) is 10.1. The van der Waals surface area contributed by atoms with Gasteiger partial charge in [-0.1, -0.05) is 29.8 Å². The van der Waals surface area contributed by atoms with Gasteiger partial charge in [0.05, 0.1) is 11.0 Å². The maximum absolute atomic E-state index is 13.8. The van der Waals surface area contributed by atoms with Crippen LogP contribution in [-0.2, 0) is 16.0 Å². The largest absolute Gasteiger partial charge is 0.382 e. The lowest BCUT2D eigenvalue weighted by Gasteiger charge is -2.37. The number of hydrogen-bond donors (Lipinski definition) is 0. The predicted octanol–water partition coefficient (Wildman–Crippen LogP) is 5.35. The minimum absolute atomic E-state index is 0.142. The summed E-state index contributed by atoms with van der Waals surface area (Å²) in [6.45, 7) is 3.56. The van der Waals surface area contributed by atoms with Crippen molar-refractivity contribution in [1.29, 1.82) is 0 Å². The molecule has 1 aliphatic heterocycles. The van der Waals surface area contributed by atoms with E-state index in [1.165, 1.54) is 34.0 Å². The first kappa shape index (κ1) is 26.8. The number of carbonyl (C=O) groups is 2. The van der Waals surface area contributed by atoms with E-state index in [1.54, 1.807) is 11.3 Å². The molecular weight excluding hydrogens is 514 g/mol. The number of nitro groups is 1. The first-order valence-corrected chi connectivity index (χ1v) is 13.4. The zero-order valence-electron chi connectivity index (χ0n) is 20.5. The highest BCUT2D eigenvalue weighted by Gasteiger charge is 2.34. The summed E-state index contributed by atoms with van der Waals surface area (Å²) in [5, 5.41) is 13.9. The number of ether oxygens (including phenoxy) is 1. The van der Waals surface area contributed by atoms with Gasteiger partial charge in [0, 0.05) is 53.9 Å². The first-order chi connectivity index (χ1) is 17.9. The van der Waals surface area contributed by atoms with Crippen LogP contribution in [0.25, 0.3) is 0 Å². The van der Waals surface area contributed by atoms with Gasteiger partial charge < -0.3 is 14.5 Å². The fourth-order valence-electron chi connectivity index (χ4n) is 4.53. The Hall–Kier alpha value is -3.27. The summed E-state index contributed by atoms with van der Waals surface area (Å²) < 4.78 is 5.42. The lowest BCUT2D eigenvalue weighted by Crippen LogP contribution is -2.47. The Balaban J connectivity index is 1.60. The lowest BCUT2D eigenvalue weighted by atomic mass is 9.93. The fraction of sp³-hybridized carbons (Fsp3) is 0.333. The molecule has 10 heteroatoms. The van der Waals surface area contributed by atoms with Crippen LogP contribution in [0.5, 0.6) is 0 Å². The highest BCUT2D eigenvalue weighted by molar-refractivity contribution is 7.10. The normalized spacial score (nSPS) is 14.8. The number of nitro benzene ring substituents is 1. The van der Waals surface area contributed by atoms with Gasteiger partial charge in [0.1, 0.15) is 6.54 Å². The molecule has 3 aromatic rings. The summed E-state index contributed by atoms with van der Waals surface area (Å²) in [6, 6.07) is 14.8. The van der Waals surface area contributed by atoms with E-state index in [4.69, 9.17) is 16.3 Å². The Morgan fingerprint density at radius 3 is 2.73 bits per heavy atom. The topological polar surface area (TPSA) is 93.0 Å². The molecule has 0 saturated heterocycles. The van der Waals surface area contributed by atoms with Crippen LogP contribution in [-0.4, -0.2) is 59.4 Å². The van der Waals surface area contributed by atoms with E-state index < -0.39 is 10.8 Å². The third kappa shape index (κ3) is 6.36. The standard InChI is InChI=1S/C27H28ClN3O5S/c1-2-36-15-4-13-29(27(33)20-5-3-6-22(17-20)31(34)35)18-25(32)30-14-11-24-23(12-16-37-24)26(30)19-7-9-21(28)10-8-19/h3,5-10,12,16-17,26H,2,4,11,13-15,18H2,1H3. The molecule has 2 aromatic carbocycles. The van der Waals surface area contributed by atoms with Crippen molar-refractivity contribution in [2.24, 2.45) is 0 Å². The summed E-state index contributed by atoms with van der Waals surface area (Å²) in [6.07, 6.45) is 1.28. The summed E-state index contributed by atoms with van der Waals surface area (Å²) in [5.41, 5.74) is 2.03. The van der Waals surface area contributed by atoms with Gasteiger partial charge in [0.25, 0.3) is 11.6 Å². The van der Waals surface area contributed by atoms with E-state index in [2.05, 4.69) is 0 Å². The molecule has 0 aliphatic carbocycles. The van der Waals surface area contributed by atoms with Crippen molar-refractivity contribution >= 4 is 40.4 Å². The molecule has 1 atom stereocenters. The predicted molar refractivity (Wildman–Crippen MR) is 143 cm³/mol. The van der Waals surface area contributed by atoms with Crippen LogP contribution in [0.3, 0.4) is 0 Å². The molecule has 1 unspecified atom stereocenters. The quantitative estimate of drug-likeness (QED) is 0.196. The summed E-state index contributed by atoms with van der Waals surface area (Å²) >= 11 is 7.80. The maximum Gasteiger partial charge on any atom is 0.270 e. The molecule has 1 aliphatic rings. The van der Waals surface area contributed by atoms with Crippen molar-refractivity contribution in [3.05, 3.63) is 96.7 Å². The maximum atomic E-state index is 13.8. The van der Waals surface area contributed by atoms with E-state index in [-0.39, 0.29) is 36.3 Å². The molecule has 194 valence electrons. The molecule has 2 heterocycles. The molecule has 1 aromatic heterocycles. The number of fused-ring (bicyclic) bond motifs is 1. The molecule has 0 spiro atoms. The van der Waals surface area contributed by atoms with Crippen LogP contribution in [0.15, 0.2) is 60.0 Å². The Kier molecular flexibility index (Phi) is 8.91. The van der Waals surface area contributed by atoms with Crippen LogP contribution in [0.1, 0.15) is 45.7 Å². The van der Waals surface area contributed by atoms with E-state index in [1.807, 2.05) is 47.5 Å². The van der Waals surface area contributed by atoms with Crippen LogP contribution in [0, 0.1) is 10.1 Å². The first-order valence-electron chi connectivity index (χ1n) is 12.1. The van der Waals surface area contributed by atoms with Crippen molar-refractivity contribution in [1.82, 2.24) is 9.80 Å². The van der Waals surface area contributed by atoms with Crippen LogP contribution >= 0.6 is 22.9 Å². The van der Waals surface area contributed by atoms with Gasteiger partial charge >= 0.3 is 0 Å². The molecule has 0 N–H and O–H groups in total. The summed E-state index contributed by atoms with van der Waals surface area (Å²) in [5.74, 6) is -0.614. The van der Waals surface area contributed by atoms with Crippen molar-refractivity contribution < 1.29 is 19.2 Å². The Morgan fingerprint density at radius 1 is 1.22 bits per heavy atom. The monoisotopic (exact) mass is 541 g/mol. The number of carbonyl (C=O) groups excluding carboxylic acids is 2. The van der Waals surface area contributed by atoms with Gasteiger partial charge in [-0.3, -0.25) is 19.7 Å². The van der Waals surface area contributed by atoms with Crippen LogP contribution in [0.2, 0.25) is 5.02 Å². The number of nitrogens with zero attached hydrogens (tertiary/aromatic N) is 3. The minimum atomic E-state index is -0.537. The Morgan fingerprint density at radius 2 is 2.00 bits per heavy atom. The molecular formula is C27H28ClN3O5S. The molecule has 0 radical (unpaired) electrons. The highest BCUT2D eigenvalue weighted by atomic mass is 35.5. The molecule has 0 bridgehead atoms. The Bertz CT molecular complexity index is 1260. The van der Waals surface area contributed by atoms with Gasteiger partial charge in [-0.25, -0.2) is 0 Å². The summed E-state index contributed by atoms with van der Waals surface area (Å²) in [4.78, 5) is 42.4. The molecule has 8 nitrogen and oxygen atoms in total. The molecule has 0 fully saturated rings. The zero-order chi connectivity index (χ0) is 26.4. The summed E-state index contributed by atoms with van der Waals surface area (Å²) in [7, 11) is 0. The fourth-order valence-corrected chi connectivity index (χ4v) is 5.56. The van der Waals surface area contributed by atoms with Gasteiger partial charge in [-0.2, -0.15) is 0 Å². The molecule has 0 saturated carbocycles. The lowest BCUT2D eigenvalue weighted by molar-refractivity contribution is -0.384. The second kappa shape index (κ2) is 12.3. The number of benzene rings is 2. The number of thiophene rings is 1. The van der Waals surface area contributed by atoms with Crippen molar-refractivity contribution in [3.63, 3.8) is 0 Å².